The Labute approximate surface area is 115 Å². The molecule has 0 radical (unpaired) electrons. The highest BCUT2D eigenvalue weighted by Gasteiger charge is 2.18. The maximum atomic E-state index is 12.3. The van der Waals surface area contributed by atoms with Gasteiger partial charge in [-0.3, -0.25) is 9.78 Å². The summed E-state index contributed by atoms with van der Waals surface area (Å²) < 4.78 is 0. The zero-order chi connectivity index (χ0) is 13.0. The van der Waals surface area contributed by atoms with Crippen LogP contribution in [0.25, 0.3) is 0 Å². The molecule has 18 heavy (non-hydrogen) atoms. The first-order valence-electron chi connectivity index (χ1n) is 5.89. The fourth-order valence-corrected chi connectivity index (χ4v) is 2.26. The smallest absolute Gasteiger partial charge is 0.180 e. The minimum absolute atomic E-state index is 0.0608. The summed E-state index contributed by atoms with van der Waals surface area (Å²) in [6.07, 6.45) is 4.39. The van der Waals surface area contributed by atoms with Gasteiger partial charge in [-0.25, -0.2) is 0 Å². The van der Waals surface area contributed by atoms with Crippen LogP contribution < -0.4 is 0 Å². The van der Waals surface area contributed by atoms with E-state index in [0.717, 1.165) is 17.5 Å². The van der Waals surface area contributed by atoms with Crippen LogP contribution in [0.5, 0.6) is 0 Å². The molecule has 1 heterocycles. The first-order chi connectivity index (χ1) is 8.72. The van der Waals surface area contributed by atoms with Crippen LogP contribution in [0, 0.1) is 0 Å². The number of halogens is 1. The first kappa shape index (κ1) is 13.0. The molecule has 0 aliphatic heterocycles. The molecule has 2 rings (SSSR count). The van der Waals surface area contributed by atoms with Gasteiger partial charge in [0.1, 0.15) is 4.83 Å². The number of benzene rings is 1. The van der Waals surface area contributed by atoms with Crippen LogP contribution in [0.3, 0.4) is 0 Å². The number of aryl methyl sites for hydroxylation is 1. The molecule has 0 bridgehead atoms. The van der Waals surface area contributed by atoms with Crippen molar-refractivity contribution >= 4 is 21.7 Å². The molecule has 0 aliphatic rings. The summed E-state index contributed by atoms with van der Waals surface area (Å²) in [6.45, 7) is 2.10. The van der Waals surface area contributed by atoms with Crippen LogP contribution in [0.4, 0.5) is 0 Å². The van der Waals surface area contributed by atoms with E-state index in [0.29, 0.717) is 0 Å². The Hall–Kier alpha value is -1.48. The number of pyridine rings is 1. The number of hydrogen-bond donors (Lipinski definition) is 0. The topological polar surface area (TPSA) is 30.0 Å². The molecule has 2 aromatic rings. The Morgan fingerprint density at radius 3 is 2.56 bits per heavy atom. The summed E-state index contributed by atoms with van der Waals surface area (Å²) in [6, 6.07) is 11.5. The fourth-order valence-electron chi connectivity index (χ4n) is 1.73. The van der Waals surface area contributed by atoms with Gasteiger partial charge in [-0.2, -0.15) is 0 Å². The van der Waals surface area contributed by atoms with E-state index in [1.807, 2.05) is 36.4 Å². The van der Waals surface area contributed by atoms with E-state index < -0.39 is 0 Å². The monoisotopic (exact) mass is 303 g/mol. The van der Waals surface area contributed by atoms with Crippen molar-refractivity contribution in [3.8, 4) is 0 Å². The van der Waals surface area contributed by atoms with Crippen LogP contribution in [0.1, 0.15) is 33.2 Å². The number of aromatic nitrogens is 1. The van der Waals surface area contributed by atoms with Gasteiger partial charge in [0, 0.05) is 18.0 Å². The van der Waals surface area contributed by atoms with Gasteiger partial charge in [0.15, 0.2) is 5.78 Å². The number of Topliss-reactive ketones (excluding diaryl/α,β-unsaturated/α-hetero) is 1. The van der Waals surface area contributed by atoms with Crippen molar-refractivity contribution in [1.82, 2.24) is 4.98 Å². The average molecular weight is 304 g/mol. The van der Waals surface area contributed by atoms with Gasteiger partial charge in [0.05, 0.1) is 0 Å². The predicted molar refractivity (Wildman–Crippen MR) is 76.1 cm³/mol. The molecule has 0 fully saturated rings. The van der Waals surface area contributed by atoms with Crippen LogP contribution in [0.2, 0.25) is 0 Å². The Morgan fingerprint density at radius 1 is 1.28 bits per heavy atom. The number of nitrogens with zero attached hydrogens (tertiary/aromatic N) is 1. The second-order valence-electron chi connectivity index (χ2n) is 4.06. The number of carbonyl (C=O) groups excluding carboxylic acids is 1. The highest BCUT2D eigenvalue weighted by molar-refractivity contribution is 9.09. The van der Waals surface area contributed by atoms with Gasteiger partial charge in [-0.05, 0) is 23.6 Å². The van der Waals surface area contributed by atoms with E-state index in [1.54, 1.807) is 12.4 Å². The van der Waals surface area contributed by atoms with Crippen molar-refractivity contribution in [3.63, 3.8) is 0 Å². The van der Waals surface area contributed by atoms with E-state index in [9.17, 15) is 4.79 Å². The van der Waals surface area contributed by atoms with Crippen LogP contribution in [-0.4, -0.2) is 10.8 Å². The molecule has 0 aliphatic carbocycles. The van der Waals surface area contributed by atoms with Crippen molar-refractivity contribution in [1.29, 1.82) is 0 Å². The maximum Gasteiger partial charge on any atom is 0.180 e. The van der Waals surface area contributed by atoms with Gasteiger partial charge in [0.2, 0.25) is 0 Å². The second kappa shape index (κ2) is 5.91. The molecule has 92 valence electrons. The normalized spacial score (nSPS) is 12.1. The van der Waals surface area contributed by atoms with E-state index in [1.165, 1.54) is 5.56 Å². The minimum Gasteiger partial charge on any atom is -0.293 e. The Bertz CT molecular complexity index is 522. The molecule has 0 unspecified atom stereocenters. The third kappa shape index (κ3) is 2.85. The van der Waals surface area contributed by atoms with Crippen molar-refractivity contribution in [3.05, 3.63) is 65.5 Å². The largest absolute Gasteiger partial charge is 0.293 e. The zero-order valence-electron chi connectivity index (χ0n) is 10.1. The van der Waals surface area contributed by atoms with Crippen LogP contribution >= 0.6 is 15.9 Å². The number of alkyl halides is 1. The Balaban J connectivity index is 2.20. The quantitative estimate of drug-likeness (QED) is 0.632. The van der Waals surface area contributed by atoms with Crippen LogP contribution in [-0.2, 0) is 6.42 Å². The second-order valence-corrected chi connectivity index (χ2v) is 4.98. The average Bonchev–Trinajstić information content (AvgIpc) is 2.47. The maximum absolute atomic E-state index is 12.3. The van der Waals surface area contributed by atoms with Crippen molar-refractivity contribution in [2.24, 2.45) is 0 Å². The molecule has 0 saturated carbocycles. The first-order valence-corrected chi connectivity index (χ1v) is 6.81. The number of hydrogen-bond acceptors (Lipinski definition) is 2. The Kier molecular flexibility index (Phi) is 4.26. The van der Waals surface area contributed by atoms with Gasteiger partial charge >= 0.3 is 0 Å². The molecule has 1 aromatic carbocycles. The molecule has 0 amide bonds. The van der Waals surface area contributed by atoms with E-state index in [4.69, 9.17) is 0 Å². The van der Waals surface area contributed by atoms with Gasteiger partial charge in [-0.15, -0.1) is 0 Å². The van der Waals surface area contributed by atoms with E-state index >= 15 is 0 Å². The number of carbonyl (C=O) groups is 1. The van der Waals surface area contributed by atoms with Crippen molar-refractivity contribution in [2.45, 2.75) is 18.2 Å². The lowest BCUT2D eigenvalue weighted by atomic mass is 10.0. The summed E-state index contributed by atoms with van der Waals surface area (Å²) in [5.74, 6) is 0.0608. The summed E-state index contributed by atoms with van der Waals surface area (Å²) >= 11 is 3.43. The SMILES string of the molecule is CCc1ccc(C(=O)[C@@H](Br)c2cccnc2)cc1. The Morgan fingerprint density at radius 2 is 2.00 bits per heavy atom. The third-order valence-corrected chi connectivity index (χ3v) is 3.80. The molecule has 3 heteroatoms. The third-order valence-electron chi connectivity index (χ3n) is 2.85. The summed E-state index contributed by atoms with van der Waals surface area (Å²) in [5, 5.41) is 0. The highest BCUT2D eigenvalue weighted by atomic mass is 79.9. The lowest BCUT2D eigenvalue weighted by molar-refractivity contribution is 0.0991. The zero-order valence-corrected chi connectivity index (χ0v) is 11.7. The molecule has 1 atom stereocenters. The van der Waals surface area contributed by atoms with Gasteiger partial charge in [-0.1, -0.05) is 53.2 Å². The predicted octanol–water partition coefficient (Wildman–Crippen LogP) is 3.96. The molecule has 0 spiro atoms. The summed E-state index contributed by atoms with van der Waals surface area (Å²) in [4.78, 5) is 16.0. The van der Waals surface area contributed by atoms with Crippen molar-refractivity contribution in [2.75, 3.05) is 0 Å². The summed E-state index contributed by atoms with van der Waals surface area (Å²) in [5.41, 5.74) is 2.83. The summed E-state index contributed by atoms with van der Waals surface area (Å²) in [7, 11) is 0. The van der Waals surface area contributed by atoms with Crippen LogP contribution in [0.15, 0.2) is 48.8 Å². The molecular formula is C15H14BrNO. The molecule has 0 N–H and O–H groups in total. The van der Waals surface area contributed by atoms with Crippen molar-refractivity contribution < 1.29 is 4.79 Å². The van der Waals surface area contributed by atoms with Gasteiger partial charge in [0.25, 0.3) is 0 Å². The number of ketones is 1. The van der Waals surface area contributed by atoms with E-state index in [2.05, 4.69) is 27.8 Å². The minimum atomic E-state index is -0.335. The fraction of sp³-hybridized carbons (Fsp3) is 0.200. The van der Waals surface area contributed by atoms with Gasteiger partial charge < -0.3 is 0 Å². The lowest BCUT2D eigenvalue weighted by Crippen LogP contribution is -2.07. The molecule has 2 nitrogen and oxygen atoms in total. The molecule has 1 aromatic heterocycles. The lowest BCUT2D eigenvalue weighted by Gasteiger charge is -2.09. The van der Waals surface area contributed by atoms with E-state index in [-0.39, 0.29) is 10.6 Å². The highest BCUT2D eigenvalue weighted by Crippen LogP contribution is 2.26. The molecular weight excluding hydrogens is 290 g/mol. The standard InChI is InChI=1S/C15H14BrNO/c1-2-11-5-7-12(8-6-11)15(18)14(16)13-4-3-9-17-10-13/h3-10,14H,2H2,1H3/t14-/m0/s1. The molecule has 0 saturated heterocycles. The number of rotatable bonds is 4.